The molecule has 0 bridgehead atoms. The van der Waals surface area contributed by atoms with Crippen molar-refractivity contribution < 1.29 is 4.79 Å². The summed E-state index contributed by atoms with van der Waals surface area (Å²) < 4.78 is 0. The molecule has 0 radical (unpaired) electrons. The van der Waals surface area contributed by atoms with Crippen LogP contribution in [-0.4, -0.2) is 17.0 Å². The molecule has 2 heterocycles. The number of anilines is 1. The van der Waals surface area contributed by atoms with Gasteiger partial charge in [0.2, 0.25) is 5.91 Å². The number of nitrogens with one attached hydrogen (secondary N) is 1. The number of hydrogen-bond acceptors (Lipinski definition) is 2. The highest BCUT2D eigenvalue weighted by Gasteiger charge is 2.62. The molecule has 1 saturated heterocycles. The second-order valence-electron chi connectivity index (χ2n) is 7.11. The van der Waals surface area contributed by atoms with E-state index in [4.69, 9.17) is 0 Å². The van der Waals surface area contributed by atoms with E-state index in [-0.39, 0.29) is 11.5 Å². The monoisotopic (exact) mass is 304 g/mol. The molecule has 5 rings (SSSR count). The SMILES string of the molecule is O=C1N2Nc3ccccc3CC2C(c2ccccc2)C12CCC2. The van der Waals surface area contributed by atoms with Gasteiger partial charge in [0, 0.05) is 5.92 Å². The van der Waals surface area contributed by atoms with Crippen LogP contribution in [0.3, 0.4) is 0 Å². The molecule has 1 N–H and O–H groups in total. The maximum atomic E-state index is 13.2. The molecule has 3 nitrogen and oxygen atoms in total. The minimum absolute atomic E-state index is 0.180. The maximum absolute atomic E-state index is 13.2. The Morgan fingerprint density at radius 3 is 2.48 bits per heavy atom. The number of benzene rings is 2. The average molecular weight is 304 g/mol. The molecule has 23 heavy (non-hydrogen) atoms. The van der Waals surface area contributed by atoms with Gasteiger partial charge in [-0.15, -0.1) is 0 Å². The molecule has 3 heteroatoms. The summed E-state index contributed by atoms with van der Waals surface area (Å²) in [5.41, 5.74) is 6.95. The van der Waals surface area contributed by atoms with E-state index >= 15 is 0 Å². The van der Waals surface area contributed by atoms with Crippen molar-refractivity contribution in [1.29, 1.82) is 0 Å². The molecule has 2 aromatic rings. The summed E-state index contributed by atoms with van der Waals surface area (Å²) in [6.07, 6.45) is 4.16. The molecular formula is C20H20N2O. The number of carbonyl (C=O) groups is 1. The number of amides is 1. The third-order valence-electron chi connectivity index (χ3n) is 6.05. The first kappa shape index (κ1) is 13.2. The largest absolute Gasteiger partial charge is 0.295 e. The Morgan fingerprint density at radius 2 is 1.74 bits per heavy atom. The zero-order chi connectivity index (χ0) is 15.4. The maximum Gasteiger partial charge on any atom is 0.248 e. The third-order valence-corrected chi connectivity index (χ3v) is 6.05. The molecule has 0 aromatic heterocycles. The zero-order valence-electron chi connectivity index (χ0n) is 13.0. The van der Waals surface area contributed by atoms with E-state index in [0.29, 0.717) is 11.8 Å². The van der Waals surface area contributed by atoms with Crippen molar-refractivity contribution in [2.45, 2.75) is 37.6 Å². The van der Waals surface area contributed by atoms with Crippen molar-refractivity contribution in [1.82, 2.24) is 5.01 Å². The molecule has 2 unspecified atom stereocenters. The van der Waals surface area contributed by atoms with Gasteiger partial charge in [0.25, 0.3) is 0 Å². The van der Waals surface area contributed by atoms with Crippen molar-refractivity contribution in [2.75, 3.05) is 5.43 Å². The molecule has 1 aliphatic carbocycles. The topological polar surface area (TPSA) is 32.3 Å². The Hall–Kier alpha value is -2.29. The second kappa shape index (κ2) is 4.60. The lowest BCUT2D eigenvalue weighted by Crippen LogP contribution is -2.45. The van der Waals surface area contributed by atoms with Crippen LogP contribution in [0.4, 0.5) is 5.69 Å². The number of hydrazine groups is 1. The zero-order valence-corrected chi connectivity index (χ0v) is 13.0. The highest BCUT2D eigenvalue weighted by atomic mass is 16.2. The van der Waals surface area contributed by atoms with Crippen molar-refractivity contribution in [3.8, 4) is 0 Å². The van der Waals surface area contributed by atoms with E-state index in [9.17, 15) is 4.79 Å². The van der Waals surface area contributed by atoms with Crippen molar-refractivity contribution in [3.63, 3.8) is 0 Å². The van der Waals surface area contributed by atoms with Gasteiger partial charge < -0.3 is 0 Å². The number of carbonyl (C=O) groups excluding carboxylic acids is 1. The molecule has 1 amide bonds. The van der Waals surface area contributed by atoms with Gasteiger partial charge in [0.1, 0.15) is 0 Å². The van der Waals surface area contributed by atoms with Crippen LogP contribution in [0.15, 0.2) is 54.6 Å². The van der Waals surface area contributed by atoms with Crippen LogP contribution in [-0.2, 0) is 11.2 Å². The summed E-state index contributed by atoms with van der Waals surface area (Å²) in [5.74, 6) is 0.600. The van der Waals surface area contributed by atoms with Gasteiger partial charge in [-0.1, -0.05) is 55.0 Å². The average Bonchev–Trinajstić information content (AvgIpc) is 2.82. The van der Waals surface area contributed by atoms with E-state index < -0.39 is 0 Å². The van der Waals surface area contributed by atoms with Crippen LogP contribution in [0.1, 0.15) is 36.3 Å². The number of fused-ring (bicyclic) bond motifs is 2. The molecule has 1 saturated carbocycles. The van der Waals surface area contributed by atoms with Crippen molar-refractivity contribution in [2.24, 2.45) is 5.41 Å². The first-order valence-corrected chi connectivity index (χ1v) is 8.53. The molecule has 1 spiro atoms. The Morgan fingerprint density at radius 1 is 1.00 bits per heavy atom. The smallest absolute Gasteiger partial charge is 0.248 e. The van der Waals surface area contributed by atoms with Crippen LogP contribution in [0, 0.1) is 5.41 Å². The predicted octanol–water partition coefficient (Wildman–Crippen LogP) is 3.73. The number of para-hydroxylation sites is 1. The standard InChI is InChI=1S/C20H20N2O/c23-19-20(11-6-12-20)18(14-7-2-1-3-8-14)17-13-15-9-4-5-10-16(15)21-22(17)19/h1-5,7-10,17-18,21H,6,11-13H2. The first-order valence-electron chi connectivity index (χ1n) is 8.53. The van der Waals surface area contributed by atoms with Gasteiger partial charge in [-0.25, -0.2) is 0 Å². The Balaban J connectivity index is 1.63. The molecule has 116 valence electrons. The summed E-state index contributed by atoms with van der Waals surface area (Å²) >= 11 is 0. The van der Waals surface area contributed by atoms with Gasteiger partial charge in [0.15, 0.2) is 0 Å². The lowest BCUT2D eigenvalue weighted by Gasteiger charge is -2.41. The predicted molar refractivity (Wildman–Crippen MR) is 89.9 cm³/mol. The van der Waals surface area contributed by atoms with Gasteiger partial charge in [-0.3, -0.25) is 15.2 Å². The van der Waals surface area contributed by atoms with Gasteiger partial charge in [-0.05, 0) is 36.5 Å². The minimum Gasteiger partial charge on any atom is -0.295 e. The van der Waals surface area contributed by atoms with Gasteiger partial charge in [0.05, 0.1) is 17.1 Å². The van der Waals surface area contributed by atoms with Crippen LogP contribution in [0.25, 0.3) is 0 Å². The van der Waals surface area contributed by atoms with E-state index in [2.05, 4.69) is 54.0 Å². The summed E-state index contributed by atoms with van der Waals surface area (Å²) in [6.45, 7) is 0. The first-order chi connectivity index (χ1) is 11.3. The highest BCUT2D eigenvalue weighted by Crippen LogP contribution is 2.60. The summed E-state index contributed by atoms with van der Waals surface area (Å²) in [5, 5.41) is 1.94. The number of hydrogen-bond donors (Lipinski definition) is 1. The molecule has 2 aliphatic heterocycles. The summed E-state index contributed by atoms with van der Waals surface area (Å²) in [6, 6.07) is 19.2. The van der Waals surface area contributed by atoms with E-state index in [1.807, 2.05) is 11.1 Å². The van der Waals surface area contributed by atoms with Gasteiger partial charge >= 0.3 is 0 Å². The fourth-order valence-corrected chi connectivity index (χ4v) is 4.83. The number of rotatable bonds is 1. The second-order valence-corrected chi connectivity index (χ2v) is 7.11. The summed E-state index contributed by atoms with van der Waals surface area (Å²) in [4.78, 5) is 13.2. The van der Waals surface area contributed by atoms with Gasteiger partial charge in [-0.2, -0.15) is 0 Å². The lowest BCUT2D eigenvalue weighted by molar-refractivity contribution is -0.140. The lowest BCUT2D eigenvalue weighted by atomic mass is 9.59. The van der Waals surface area contributed by atoms with Crippen LogP contribution >= 0.6 is 0 Å². The fourth-order valence-electron chi connectivity index (χ4n) is 4.83. The fraction of sp³-hybridized carbons (Fsp3) is 0.350. The van der Waals surface area contributed by atoms with E-state index in [1.54, 1.807) is 0 Å². The normalized spacial score (nSPS) is 27.1. The molecule has 2 atom stereocenters. The Kier molecular flexibility index (Phi) is 2.64. The Labute approximate surface area is 136 Å². The minimum atomic E-state index is -0.180. The summed E-state index contributed by atoms with van der Waals surface area (Å²) in [7, 11) is 0. The highest BCUT2D eigenvalue weighted by molar-refractivity contribution is 5.90. The van der Waals surface area contributed by atoms with Crippen molar-refractivity contribution in [3.05, 3.63) is 65.7 Å². The third kappa shape index (κ3) is 1.68. The Bertz CT molecular complexity index is 766. The van der Waals surface area contributed by atoms with Crippen LogP contribution in [0.5, 0.6) is 0 Å². The number of nitrogens with zero attached hydrogens (tertiary/aromatic N) is 1. The van der Waals surface area contributed by atoms with Crippen LogP contribution in [0.2, 0.25) is 0 Å². The molecule has 2 fully saturated rings. The van der Waals surface area contributed by atoms with Crippen molar-refractivity contribution >= 4 is 11.6 Å². The molecular weight excluding hydrogens is 284 g/mol. The quantitative estimate of drug-likeness (QED) is 0.870. The van der Waals surface area contributed by atoms with Crippen LogP contribution < -0.4 is 5.43 Å². The van der Waals surface area contributed by atoms with E-state index in [1.165, 1.54) is 17.5 Å². The molecule has 3 aliphatic rings. The molecule has 2 aromatic carbocycles. The van der Waals surface area contributed by atoms with E-state index in [0.717, 1.165) is 24.9 Å².